The van der Waals surface area contributed by atoms with E-state index in [0.717, 1.165) is 0 Å². The lowest BCUT2D eigenvalue weighted by molar-refractivity contribution is -0.114. The second-order valence-corrected chi connectivity index (χ2v) is 6.85. The molecule has 0 atom stereocenters. The second kappa shape index (κ2) is 8.26. The largest absolute Gasteiger partial charge is 0.335 e. The lowest BCUT2D eigenvalue weighted by atomic mass is 10.1. The van der Waals surface area contributed by atoms with Crippen LogP contribution in [0, 0.1) is 0 Å². The van der Waals surface area contributed by atoms with Gasteiger partial charge < -0.3 is 15.1 Å². The number of hydrogen-bond donors (Lipinski definition) is 2. The number of rotatable bonds is 3. The molecule has 1 N–H and O–H groups in total. The Morgan fingerprint density at radius 3 is 2.15 bits per heavy atom. The normalized spacial score (nSPS) is 14.0. The first kappa shape index (κ1) is 19.0. The van der Waals surface area contributed by atoms with Crippen LogP contribution in [-0.2, 0) is 4.79 Å². The highest BCUT2D eigenvalue weighted by molar-refractivity contribution is 7.80. The molecule has 6 nitrogen and oxygen atoms in total. The topological polar surface area (TPSA) is 69.7 Å². The SMILES string of the molecule is CC(=O)Nc1cccc(C(=O)N2CCN(C(=O)c3ccccc3S)CC2)c1. The molecule has 3 amide bonds. The molecular formula is C20H21N3O3S. The average Bonchev–Trinajstić information content (AvgIpc) is 2.67. The third-order valence-electron chi connectivity index (χ3n) is 4.42. The van der Waals surface area contributed by atoms with Gasteiger partial charge in [0.05, 0.1) is 5.56 Å². The maximum atomic E-state index is 12.7. The Morgan fingerprint density at radius 2 is 1.52 bits per heavy atom. The van der Waals surface area contributed by atoms with Crippen LogP contribution >= 0.6 is 12.6 Å². The zero-order chi connectivity index (χ0) is 19.4. The van der Waals surface area contributed by atoms with Crippen molar-refractivity contribution in [3.8, 4) is 0 Å². The van der Waals surface area contributed by atoms with Crippen LogP contribution in [0.5, 0.6) is 0 Å². The van der Waals surface area contributed by atoms with E-state index in [9.17, 15) is 14.4 Å². The molecule has 7 heteroatoms. The number of benzene rings is 2. The highest BCUT2D eigenvalue weighted by atomic mass is 32.1. The molecule has 2 aromatic carbocycles. The second-order valence-electron chi connectivity index (χ2n) is 6.36. The molecule has 1 saturated heterocycles. The highest BCUT2D eigenvalue weighted by Crippen LogP contribution is 2.18. The van der Waals surface area contributed by atoms with Crippen LogP contribution in [0.15, 0.2) is 53.4 Å². The van der Waals surface area contributed by atoms with Gasteiger partial charge in [-0.2, -0.15) is 0 Å². The van der Waals surface area contributed by atoms with Crippen LogP contribution < -0.4 is 5.32 Å². The van der Waals surface area contributed by atoms with Crippen LogP contribution in [0.2, 0.25) is 0 Å². The highest BCUT2D eigenvalue weighted by Gasteiger charge is 2.26. The molecule has 3 rings (SSSR count). The van der Waals surface area contributed by atoms with Crippen molar-refractivity contribution in [2.45, 2.75) is 11.8 Å². The van der Waals surface area contributed by atoms with Crippen molar-refractivity contribution in [2.75, 3.05) is 31.5 Å². The summed E-state index contributed by atoms with van der Waals surface area (Å²) in [4.78, 5) is 40.7. The molecule has 0 aliphatic carbocycles. The monoisotopic (exact) mass is 383 g/mol. The van der Waals surface area contributed by atoms with Gasteiger partial charge in [0.2, 0.25) is 5.91 Å². The summed E-state index contributed by atoms with van der Waals surface area (Å²) in [7, 11) is 0. The van der Waals surface area contributed by atoms with E-state index in [1.807, 2.05) is 12.1 Å². The molecule has 0 spiro atoms. The summed E-state index contributed by atoms with van der Waals surface area (Å²) in [5.74, 6) is -0.361. The van der Waals surface area contributed by atoms with Gasteiger partial charge in [-0.05, 0) is 30.3 Å². The Labute approximate surface area is 163 Å². The number of thiol groups is 1. The van der Waals surface area contributed by atoms with Gasteiger partial charge in [0.25, 0.3) is 11.8 Å². The average molecular weight is 383 g/mol. The van der Waals surface area contributed by atoms with Gasteiger partial charge in [-0.3, -0.25) is 14.4 Å². The molecule has 0 bridgehead atoms. The standard InChI is InChI=1S/C20H21N3O3S/c1-14(24)21-16-6-4-5-15(13-16)19(25)22-9-11-23(12-10-22)20(26)17-7-2-3-8-18(17)27/h2-8,13,27H,9-12H2,1H3,(H,21,24). The lowest BCUT2D eigenvalue weighted by Gasteiger charge is -2.35. The van der Waals surface area contributed by atoms with Crippen LogP contribution in [0.4, 0.5) is 5.69 Å². The molecule has 1 aliphatic heterocycles. The molecule has 140 valence electrons. The fourth-order valence-electron chi connectivity index (χ4n) is 3.05. The van der Waals surface area contributed by atoms with Crippen molar-refractivity contribution in [3.05, 3.63) is 59.7 Å². The minimum absolute atomic E-state index is 0.0691. The number of anilines is 1. The number of carbonyl (C=O) groups excluding carboxylic acids is 3. The van der Waals surface area contributed by atoms with E-state index in [1.54, 1.807) is 46.2 Å². The van der Waals surface area contributed by atoms with E-state index >= 15 is 0 Å². The Balaban J connectivity index is 1.64. The quantitative estimate of drug-likeness (QED) is 0.801. The summed E-state index contributed by atoms with van der Waals surface area (Å²) in [6.07, 6.45) is 0. The number of carbonyl (C=O) groups is 3. The molecule has 1 aliphatic rings. The predicted octanol–water partition coefficient (Wildman–Crippen LogP) is 2.53. The van der Waals surface area contributed by atoms with Gasteiger partial charge in [-0.1, -0.05) is 18.2 Å². The third kappa shape index (κ3) is 4.49. The van der Waals surface area contributed by atoms with E-state index in [4.69, 9.17) is 0 Å². The first-order valence-corrected chi connectivity index (χ1v) is 9.14. The van der Waals surface area contributed by atoms with Crippen molar-refractivity contribution >= 4 is 36.0 Å². The van der Waals surface area contributed by atoms with Gasteiger partial charge >= 0.3 is 0 Å². The van der Waals surface area contributed by atoms with Crippen molar-refractivity contribution < 1.29 is 14.4 Å². The lowest BCUT2D eigenvalue weighted by Crippen LogP contribution is -2.50. The van der Waals surface area contributed by atoms with Gasteiger partial charge in [0, 0.05) is 49.2 Å². The predicted molar refractivity (Wildman–Crippen MR) is 106 cm³/mol. The molecule has 0 aromatic heterocycles. The summed E-state index contributed by atoms with van der Waals surface area (Å²) < 4.78 is 0. The maximum Gasteiger partial charge on any atom is 0.255 e. The van der Waals surface area contributed by atoms with E-state index in [0.29, 0.717) is 47.9 Å². The number of nitrogens with one attached hydrogen (secondary N) is 1. The molecule has 0 unspecified atom stereocenters. The third-order valence-corrected chi connectivity index (χ3v) is 4.81. The summed E-state index contributed by atoms with van der Waals surface area (Å²) in [5.41, 5.74) is 1.68. The molecule has 2 aromatic rings. The summed E-state index contributed by atoms with van der Waals surface area (Å²) >= 11 is 4.35. The minimum Gasteiger partial charge on any atom is -0.335 e. The summed E-state index contributed by atoms with van der Waals surface area (Å²) in [6.45, 7) is 3.29. The Morgan fingerprint density at radius 1 is 0.889 bits per heavy atom. The molecule has 1 fully saturated rings. The molecule has 27 heavy (non-hydrogen) atoms. The number of piperazine rings is 1. The minimum atomic E-state index is -0.184. The molecular weight excluding hydrogens is 362 g/mol. The van der Waals surface area contributed by atoms with E-state index < -0.39 is 0 Å². The fraction of sp³-hybridized carbons (Fsp3) is 0.250. The molecule has 1 heterocycles. The zero-order valence-electron chi connectivity index (χ0n) is 15.0. The van der Waals surface area contributed by atoms with Crippen LogP contribution in [0.3, 0.4) is 0 Å². The smallest absolute Gasteiger partial charge is 0.255 e. The van der Waals surface area contributed by atoms with Crippen LogP contribution in [0.25, 0.3) is 0 Å². The van der Waals surface area contributed by atoms with Crippen LogP contribution in [-0.4, -0.2) is 53.7 Å². The summed E-state index contributed by atoms with van der Waals surface area (Å²) in [6, 6.07) is 14.1. The van der Waals surface area contributed by atoms with E-state index in [2.05, 4.69) is 17.9 Å². The Kier molecular flexibility index (Phi) is 5.81. The zero-order valence-corrected chi connectivity index (χ0v) is 15.9. The summed E-state index contributed by atoms with van der Waals surface area (Å²) in [5, 5.41) is 2.68. The van der Waals surface area contributed by atoms with Gasteiger partial charge in [-0.25, -0.2) is 0 Å². The first-order chi connectivity index (χ1) is 13.0. The van der Waals surface area contributed by atoms with Crippen molar-refractivity contribution in [2.24, 2.45) is 0 Å². The molecule has 0 saturated carbocycles. The van der Waals surface area contributed by atoms with Gasteiger partial charge in [0.1, 0.15) is 0 Å². The number of nitrogens with zero attached hydrogens (tertiary/aromatic N) is 2. The Hall–Kier alpha value is -2.80. The maximum absolute atomic E-state index is 12.7. The number of amides is 3. The Bertz CT molecular complexity index is 876. The van der Waals surface area contributed by atoms with Crippen LogP contribution in [0.1, 0.15) is 27.6 Å². The van der Waals surface area contributed by atoms with E-state index in [-0.39, 0.29) is 17.7 Å². The van der Waals surface area contributed by atoms with E-state index in [1.165, 1.54) is 6.92 Å². The fourth-order valence-corrected chi connectivity index (χ4v) is 3.31. The van der Waals surface area contributed by atoms with Gasteiger partial charge in [-0.15, -0.1) is 12.6 Å². The molecule has 0 radical (unpaired) electrons. The van der Waals surface area contributed by atoms with Crippen molar-refractivity contribution in [1.82, 2.24) is 9.80 Å². The van der Waals surface area contributed by atoms with Gasteiger partial charge in [0.15, 0.2) is 0 Å². The number of hydrogen-bond acceptors (Lipinski definition) is 4. The first-order valence-electron chi connectivity index (χ1n) is 8.70. The van der Waals surface area contributed by atoms with Crippen molar-refractivity contribution in [1.29, 1.82) is 0 Å². The van der Waals surface area contributed by atoms with Crippen molar-refractivity contribution in [3.63, 3.8) is 0 Å².